The summed E-state index contributed by atoms with van der Waals surface area (Å²) < 4.78 is 41.4. The topological polar surface area (TPSA) is 110 Å². The number of rotatable bonds is 8. The first-order valence-electron chi connectivity index (χ1n) is 11.5. The second-order valence-electron chi connectivity index (χ2n) is 8.46. The van der Waals surface area contributed by atoms with E-state index in [0.29, 0.717) is 43.2 Å². The van der Waals surface area contributed by atoms with Crippen molar-refractivity contribution >= 4 is 40.0 Å². The number of aliphatic imine (C=N–C) groups is 2. The second-order valence-corrected chi connectivity index (χ2v) is 10.1. The van der Waals surface area contributed by atoms with Crippen LogP contribution < -0.4 is 14.4 Å². The maximum Gasteiger partial charge on any atom is 0.257 e. The zero-order valence-corrected chi connectivity index (χ0v) is 20.5. The van der Waals surface area contributed by atoms with Gasteiger partial charge in [-0.15, -0.1) is 0 Å². The molecule has 1 aliphatic heterocycles. The number of benzene rings is 1. The molecule has 10 nitrogen and oxygen atoms in total. The van der Waals surface area contributed by atoms with E-state index >= 15 is 0 Å². The molecule has 4 rings (SSSR count). The molecular weight excluding hydrogens is 456 g/mol. The molecule has 0 atom stereocenters. The molecule has 2 aliphatic rings. The molecule has 1 aromatic heterocycles. The van der Waals surface area contributed by atoms with Crippen molar-refractivity contribution in [3.63, 3.8) is 0 Å². The van der Waals surface area contributed by atoms with Gasteiger partial charge in [0.25, 0.3) is 10.0 Å². The van der Waals surface area contributed by atoms with Gasteiger partial charge in [0.1, 0.15) is 11.4 Å². The molecule has 1 saturated heterocycles. The zero-order valence-electron chi connectivity index (χ0n) is 19.7. The minimum Gasteiger partial charge on any atom is -0.488 e. The molecule has 2 heterocycles. The number of nitrogens with one attached hydrogen (secondary N) is 1. The molecule has 11 heteroatoms. The number of morpholine rings is 1. The van der Waals surface area contributed by atoms with Gasteiger partial charge in [-0.25, -0.2) is 13.1 Å². The Labute approximate surface area is 200 Å². The van der Waals surface area contributed by atoms with E-state index in [0.717, 1.165) is 31.6 Å². The molecule has 0 radical (unpaired) electrons. The van der Waals surface area contributed by atoms with Crippen LogP contribution in [-0.2, 0) is 21.8 Å². The van der Waals surface area contributed by atoms with Crippen molar-refractivity contribution in [3.8, 4) is 5.75 Å². The summed E-state index contributed by atoms with van der Waals surface area (Å²) in [5, 5.41) is 4.12. The second kappa shape index (κ2) is 10.7. The average molecular weight is 489 g/mol. The van der Waals surface area contributed by atoms with Crippen LogP contribution >= 0.6 is 0 Å². The average Bonchev–Trinajstić information content (AvgIpc) is 3.28. The Balaban J connectivity index is 1.46. The Hall–Kier alpha value is -2.76. The molecule has 2 aromatic rings. The Kier molecular flexibility index (Phi) is 7.64. The summed E-state index contributed by atoms with van der Waals surface area (Å²) in [6.45, 7) is 8.57. The van der Waals surface area contributed by atoms with Gasteiger partial charge in [-0.2, -0.15) is 5.10 Å². The van der Waals surface area contributed by atoms with Crippen LogP contribution in [0.4, 0.5) is 17.1 Å². The smallest absolute Gasteiger partial charge is 0.257 e. The van der Waals surface area contributed by atoms with Gasteiger partial charge in [-0.3, -0.25) is 14.7 Å². The summed E-state index contributed by atoms with van der Waals surface area (Å²) in [5.41, 5.74) is 2.35. The number of aromatic nitrogens is 2. The van der Waals surface area contributed by atoms with Crippen LogP contribution in [0.2, 0.25) is 0 Å². The monoisotopic (exact) mass is 488 g/mol. The summed E-state index contributed by atoms with van der Waals surface area (Å²) in [5.74, 6) is 0.651. The lowest BCUT2D eigenvalue weighted by molar-refractivity contribution is 0.122. The fourth-order valence-electron chi connectivity index (χ4n) is 4.45. The van der Waals surface area contributed by atoms with Crippen LogP contribution in [0.3, 0.4) is 0 Å². The first-order valence-corrected chi connectivity index (χ1v) is 13.0. The number of ether oxygens (including phenoxy) is 2. The van der Waals surface area contributed by atoms with Crippen molar-refractivity contribution in [2.24, 2.45) is 17.0 Å². The summed E-state index contributed by atoms with van der Waals surface area (Å²) in [6, 6.07) is 5.36. The van der Waals surface area contributed by atoms with E-state index < -0.39 is 10.0 Å². The summed E-state index contributed by atoms with van der Waals surface area (Å²) in [4.78, 5) is 11.0. The predicted octanol–water partition coefficient (Wildman–Crippen LogP) is 2.98. The fraction of sp³-hybridized carbons (Fsp3) is 0.522. The maximum atomic E-state index is 12.7. The molecule has 0 bridgehead atoms. The van der Waals surface area contributed by atoms with Crippen molar-refractivity contribution in [3.05, 3.63) is 24.4 Å². The van der Waals surface area contributed by atoms with Crippen molar-refractivity contribution in [2.75, 3.05) is 31.2 Å². The third-order valence-corrected chi connectivity index (χ3v) is 7.78. The van der Waals surface area contributed by atoms with Gasteiger partial charge in [0.05, 0.1) is 31.2 Å². The number of hydrogen-bond donors (Lipinski definition) is 1. The molecule has 1 aliphatic carbocycles. The van der Waals surface area contributed by atoms with Gasteiger partial charge >= 0.3 is 0 Å². The van der Waals surface area contributed by atoms with E-state index in [1.165, 1.54) is 16.9 Å². The first kappa shape index (κ1) is 24.4. The summed E-state index contributed by atoms with van der Waals surface area (Å²) in [7, 11) is -1.99. The molecule has 0 amide bonds. The number of anilines is 1. The first-order chi connectivity index (χ1) is 16.4. The van der Waals surface area contributed by atoms with Crippen molar-refractivity contribution in [1.82, 2.24) is 14.5 Å². The van der Waals surface area contributed by atoms with Crippen molar-refractivity contribution in [1.29, 1.82) is 0 Å². The minimum atomic E-state index is -3.61. The van der Waals surface area contributed by atoms with Crippen LogP contribution in [-0.4, -0.2) is 69.6 Å². The van der Waals surface area contributed by atoms with Crippen molar-refractivity contribution < 1.29 is 17.9 Å². The van der Waals surface area contributed by atoms with Crippen LogP contribution in [0.5, 0.6) is 5.75 Å². The van der Waals surface area contributed by atoms with E-state index in [1.807, 2.05) is 19.1 Å². The number of aryl methyl sites for hydroxylation is 1. The van der Waals surface area contributed by atoms with Crippen LogP contribution in [0.15, 0.2) is 39.4 Å². The third kappa shape index (κ3) is 5.48. The van der Waals surface area contributed by atoms with Crippen LogP contribution in [0.25, 0.3) is 0 Å². The molecule has 34 heavy (non-hydrogen) atoms. The number of nitrogens with zero attached hydrogens (tertiary/aromatic N) is 5. The van der Waals surface area contributed by atoms with Gasteiger partial charge in [-0.05, 0) is 51.5 Å². The molecule has 0 unspecified atom stereocenters. The van der Waals surface area contributed by atoms with Gasteiger partial charge in [0.15, 0.2) is 5.03 Å². The molecule has 1 saturated carbocycles. The Bertz CT molecular complexity index is 1130. The lowest BCUT2D eigenvalue weighted by Crippen LogP contribution is -2.40. The van der Waals surface area contributed by atoms with E-state index in [9.17, 15) is 8.42 Å². The van der Waals surface area contributed by atoms with Crippen LogP contribution in [0.1, 0.15) is 32.6 Å². The van der Waals surface area contributed by atoms with E-state index in [1.54, 1.807) is 13.3 Å². The molecule has 1 N–H and O–H groups in total. The number of sulfonamides is 1. The highest BCUT2D eigenvalue weighted by Gasteiger charge is 2.29. The fourth-order valence-corrected chi connectivity index (χ4v) is 5.88. The molecule has 2 fully saturated rings. The lowest BCUT2D eigenvalue weighted by atomic mass is 9.93. The van der Waals surface area contributed by atoms with Gasteiger partial charge in [0.2, 0.25) is 0 Å². The summed E-state index contributed by atoms with van der Waals surface area (Å²) in [6.07, 6.45) is 5.98. The SMILES string of the molecule is C=Nc1c(/N=C\C)cc(N2CCOCC2)cc1O[C@H]1CC[C@@H](NS(=O)(=O)c2ccnn2C)CC1. The third-order valence-electron chi connectivity index (χ3n) is 6.18. The lowest BCUT2D eigenvalue weighted by Gasteiger charge is -2.32. The summed E-state index contributed by atoms with van der Waals surface area (Å²) >= 11 is 0. The highest BCUT2D eigenvalue weighted by Crippen LogP contribution is 2.43. The molecule has 1 aromatic carbocycles. The van der Waals surface area contributed by atoms with Gasteiger partial charge < -0.3 is 14.4 Å². The maximum absolute atomic E-state index is 12.7. The Morgan fingerprint density at radius 2 is 1.97 bits per heavy atom. The Morgan fingerprint density at radius 1 is 1.24 bits per heavy atom. The standard InChI is InChI=1S/C23H32N6O4S/c1-4-25-20-15-18(29-11-13-32-14-12-29)16-21(23(20)24-2)33-19-7-5-17(6-8-19)27-34(30,31)22-9-10-26-28(22)3/h4,9-10,15-17,19,27H,2,5-8,11-14H2,1,3H3/b25-4-/t17-,19+. The number of hydrogen-bond acceptors (Lipinski definition) is 8. The van der Waals surface area contributed by atoms with Gasteiger partial charge in [0, 0.05) is 44.1 Å². The largest absolute Gasteiger partial charge is 0.488 e. The highest BCUT2D eigenvalue weighted by atomic mass is 32.2. The van der Waals surface area contributed by atoms with Gasteiger partial charge in [-0.1, -0.05) is 0 Å². The van der Waals surface area contributed by atoms with E-state index in [4.69, 9.17) is 9.47 Å². The van der Waals surface area contributed by atoms with Crippen LogP contribution in [0, 0.1) is 0 Å². The predicted molar refractivity (Wildman–Crippen MR) is 133 cm³/mol. The zero-order chi connectivity index (χ0) is 24.1. The Morgan fingerprint density at radius 3 is 2.59 bits per heavy atom. The van der Waals surface area contributed by atoms with E-state index in [-0.39, 0.29) is 17.2 Å². The van der Waals surface area contributed by atoms with Crippen molar-refractivity contribution in [2.45, 2.75) is 49.8 Å². The molecule has 184 valence electrons. The highest BCUT2D eigenvalue weighted by molar-refractivity contribution is 7.89. The molecule has 0 spiro atoms. The minimum absolute atomic E-state index is 0.0450. The molecular formula is C23H32N6O4S. The normalized spacial score (nSPS) is 21.6. The quantitative estimate of drug-likeness (QED) is 0.572. The van der Waals surface area contributed by atoms with E-state index in [2.05, 4.69) is 31.4 Å².